The van der Waals surface area contributed by atoms with Crippen LogP contribution in [-0.4, -0.2) is 35.5 Å². The number of amides is 1. The van der Waals surface area contributed by atoms with Crippen LogP contribution in [-0.2, 0) is 0 Å². The molecule has 1 N–H and O–H groups in total. The maximum absolute atomic E-state index is 12.3. The Morgan fingerprint density at radius 2 is 2.00 bits per heavy atom. The summed E-state index contributed by atoms with van der Waals surface area (Å²) in [4.78, 5) is 22.7. The van der Waals surface area contributed by atoms with Gasteiger partial charge in [-0.2, -0.15) is 5.26 Å². The van der Waals surface area contributed by atoms with Gasteiger partial charge in [0.25, 0.3) is 5.91 Å². The average Bonchev–Trinajstić information content (AvgIpc) is 2.67. The molecule has 6 nitrogen and oxygen atoms in total. The van der Waals surface area contributed by atoms with E-state index in [-0.39, 0.29) is 5.91 Å². The zero-order valence-corrected chi connectivity index (χ0v) is 15.2. The van der Waals surface area contributed by atoms with Crippen molar-refractivity contribution < 1.29 is 4.79 Å². The van der Waals surface area contributed by atoms with E-state index >= 15 is 0 Å². The van der Waals surface area contributed by atoms with E-state index in [2.05, 4.69) is 42.2 Å². The predicted molar refractivity (Wildman–Crippen MR) is 98.2 cm³/mol. The number of rotatable bonds is 4. The number of piperidine rings is 1. The van der Waals surface area contributed by atoms with Crippen molar-refractivity contribution in [2.24, 2.45) is 5.92 Å². The zero-order chi connectivity index (χ0) is 17.6. The molecule has 0 atom stereocenters. The van der Waals surface area contributed by atoms with Crippen molar-refractivity contribution in [3.63, 3.8) is 0 Å². The number of hydrogen-bond donors (Lipinski definition) is 1. The maximum atomic E-state index is 12.3. The van der Waals surface area contributed by atoms with Crippen LogP contribution in [0.4, 0.5) is 5.82 Å². The molecule has 1 aliphatic heterocycles. The largest absolute Gasteiger partial charge is 0.354 e. The lowest BCUT2D eigenvalue weighted by atomic mass is 9.96. The van der Waals surface area contributed by atoms with Crippen LogP contribution in [0.1, 0.15) is 28.9 Å². The summed E-state index contributed by atoms with van der Waals surface area (Å²) in [6, 6.07) is 9.50. The lowest BCUT2D eigenvalue weighted by Crippen LogP contribution is -2.39. The molecule has 2 heterocycles. The number of anilines is 1. The Bertz CT molecular complexity index is 796. The summed E-state index contributed by atoms with van der Waals surface area (Å²) in [5, 5.41) is 12.2. The first-order valence-corrected chi connectivity index (χ1v) is 8.97. The molecule has 1 amide bonds. The molecule has 128 valence electrons. The third-order valence-corrected chi connectivity index (χ3v) is 5.06. The minimum atomic E-state index is -0.0596. The highest BCUT2D eigenvalue weighted by Gasteiger charge is 2.23. The molecule has 0 unspecified atom stereocenters. The van der Waals surface area contributed by atoms with E-state index in [9.17, 15) is 4.79 Å². The van der Waals surface area contributed by atoms with E-state index in [1.807, 2.05) is 18.2 Å². The number of nitrogens with one attached hydrogen (secondary N) is 1. The van der Waals surface area contributed by atoms with Crippen LogP contribution in [0, 0.1) is 17.2 Å². The van der Waals surface area contributed by atoms with Crippen LogP contribution >= 0.6 is 15.9 Å². The number of halogens is 1. The van der Waals surface area contributed by atoms with E-state index in [4.69, 9.17) is 5.26 Å². The van der Waals surface area contributed by atoms with Gasteiger partial charge in [0.2, 0.25) is 0 Å². The van der Waals surface area contributed by atoms with Gasteiger partial charge >= 0.3 is 0 Å². The molecule has 7 heteroatoms. The summed E-state index contributed by atoms with van der Waals surface area (Å²) in [6.45, 7) is 2.27. The number of nitriles is 1. The predicted octanol–water partition coefficient (Wildman–Crippen LogP) is 2.76. The summed E-state index contributed by atoms with van der Waals surface area (Å²) in [5.74, 6) is 1.01. The summed E-state index contributed by atoms with van der Waals surface area (Å²) in [6.07, 6.45) is 5.03. The van der Waals surface area contributed by atoms with Gasteiger partial charge in [0.1, 0.15) is 6.07 Å². The van der Waals surface area contributed by atoms with Crippen molar-refractivity contribution in [3.8, 4) is 6.07 Å². The molecule has 0 bridgehead atoms. The molecule has 0 radical (unpaired) electrons. The summed E-state index contributed by atoms with van der Waals surface area (Å²) in [7, 11) is 0. The smallest absolute Gasteiger partial charge is 0.252 e. The van der Waals surface area contributed by atoms with Gasteiger partial charge < -0.3 is 10.2 Å². The van der Waals surface area contributed by atoms with Gasteiger partial charge in [-0.25, -0.2) is 9.97 Å². The fourth-order valence-corrected chi connectivity index (χ4v) is 3.43. The lowest BCUT2D eigenvalue weighted by molar-refractivity contribution is 0.0944. The minimum Gasteiger partial charge on any atom is -0.354 e. The molecule has 0 aliphatic carbocycles. The zero-order valence-electron chi connectivity index (χ0n) is 13.7. The second-order valence-corrected chi connectivity index (χ2v) is 6.81. The highest BCUT2D eigenvalue weighted by atomic mass is 79.9. The fourth-order valence-electron chi connectivity index (χ4n) is 2.97. The topological polar surface area (TPSA) is 81.9 Å². The molecule has 1 fully saturated rings. The number of aromatic nitrogens is 2. The quantitative estimate of drug-likeness (QED) is 0.854. The third-order valence-electron chi connectivity index (χ3n) is 4.37. The number of carbonyl (C=O) groups excluding carboxylic acids is 1. The third kappa shape index (κ3) is 4.15. The Hall–Kier alpha value is -2.46. The van der Waals surface area contributed by atoms with Crippen LogP contribution in [0.25, 0.3) is 0 Å². The monoisotopic (exact) mass is 399 g/mol. The van der Waals surface area contributed by atoms with Crippen molar-refractivity contribution in [3.05, 3.63) is 52.4 Å². The van der Waals surface area contributed by atoms with Gasteiger partial charge in [0.15, 0.2) is 11.5 Å². The molecular formula is C18H18BrN5O. The second-order valence-electron chi connectivity index (χ2n) is 5.96. The lowest BCUT2D eigenvalue weighted by Gasteiger charge is -2.32. The standard InChI is InChI=1S/C18H18BrN5O/c19-15-4-2-1-3-14(15)18(25)23-12-13-5-9-24(10-6-13)17-16(11-20)21-7-8-22-17/h1-4,7-8,13H,5-6,9-10,12H2,(H,23,25). The molecular weight excluding hydrogens is 382 g/mol. The van der Waals surface area contributed by atoms with E-state index in [0.717, 1.165) is 30.4 Å². The van der Waals surface area contributed by atoms with Crippen LogP contribution in [0.15, 0.2) is 41.1 Å². The van der Waals surface area contributed by atoms with Crippen molar-refractivity contribution in [2.45, 2.75) is 12.8 Å². The maximum Gasteiger partial charge on any atom is 0.252 e. The molecule has 0 spiro atoms. The average molecular weight is 400 g/mol. The first-order valence-electron chi connectivity index (χ1n) is 8.18. The van der Waals surface area contributed by atoms with Crippen molar-refractivity contribution >= 4 is 27.7 Å². The van der Waals surface area contributed by atoms with Gasteiger partial charge in [-0.3, -0.25) is 4.79 Å². The minimum absolute atomic E-state index is 0.0596. The normalized spacial score (nSPS) is 14.8. The Morgan fingerprint density at radius 3 is 2.72 bits per heavy atom. The van der Waals surface area contributed by atoms with Gasteiger partial charge in [-0.1, -0.05) is 12.1 Å². The highest BCUT2D eigenvalue weighted by molar-refractivity contribution is 9.10. The van der Waals surface area contributed by atoms with E-state index in [1.54, 1.807) is 12.3 Å². The SMILES string of the molecule is N#Cc1nccnc1N1CCC(CNC(=O)c2ccccc2Br)CC1. The number of nitrogens with zero attached hydrogens (tertiary/aromatic N) is 4. The van der Waals surface area contributed by atoms with Crippen LogP contribution < -0.4 is 10.2 Å². The summed E-state index contributed by atoms with van der Waals surface area (Å²) >= 11 is 3.40. The molecule has 1 saturated heterocycles. The van der Waals surface area contributed by atoms with Gasteiger partial charge in [0.05, 0.1) is 5.56 Å². The molecule has 0 saturated carbocycles. The van der Waals surface area contributed by atoms with Crippen molar-refractivity contribution in [1.82, 2.24) is 15.3 Å². The summed E-state index contributed by atoms with van der Waals surface area (Å²) in [5.41, 5.74) is 1.02. The van der Waals surface area contributed by atoms with Crippen LogP contribution in [0.5, 0.6) is 0 Å². The van der Waals surface area contributed by atoms with Gasteiger partial charge in [0, 0.05) is 36.5 Å². The van der Waals surface area contributed by atoms with Crippen LogP contribution in [0.3, 0.4) is 0 Å². The number of hydrogen-bond acceptors (Lipinski definition) is 5. The molecule has 1 aromatic carbocycles. The van der Waals surface area contributed by atoms with E-state index in [1.165, 1.54) is 6.20 Å². The van der Waals surface area contributed by atoms with E-state index in [0.29, 0.717) is 29.5 Å². The number of benzene rings is 1. The fraction of sp³-hybridized carbons (Fsp3) is 0.333. The second kappa shape index (κ2) is 8.08. The van der Waals surface area contributed by atoms with Crippen LogP contribution in [0.2, 0.25) is 0 Å². The number of carbonyl (C=O) groups is 1. The molecule has 2 aromatic rings. The molecule has 1 aliphatic rings. The van der Waals surface area contributed by atoms with Gasteiger partial charge in [-0.05, 0) is 46.8 Å². The molecule has 1 aromatic heterocycles. The van der Waals surface area contributed by atoms with Gasteiger partial charge in [-0.15, -0.1) is 0 Å². The first kappa shape index (κ1) is 17.4. The Morgan fingerprint density at radius 1 is 1.28 bits per heavy atom. The molecule has 3 rings (SSSR count). The van der Waals surface area contributed by atoms with Crippen molar-refractivity contribution in [2.75, 3.05) is 24.5 Å². The van der Waals surface area contributed by atoms with E-state index < -0.39 is 0 Å². The first-order chi connectivity index (χ1) is 12.2. The Labute approximate surface area is 155 Å². The van der Waals surface area contributed by atoms with Crippen molar-refractivity contribution in [1.29, 1.82) is 5.26 Å². The highest BCUT2D eigenvalue weighted by Crippen LogP contribution is 2.23. The molecule has 25 heavy (non-hydrogen) atoms. The Balaban J connectivity index is 1.52. The summed E-state index contributed by atoms with van der Waals surface area (Å²) < 4.78 is 0.800. The Kier molecular flexibility index (Phi) is 5.61.